The number of hydrogen-bond donors (Lipinski definition) is 1. The van der Waals surface area contributed by atoms with Gasteiger partial charge in [0.15, 0.2) is 0 Å². The highest BCUT2D eigenvalue weighted by molar-refractivity contribution is 4.85. The first-order valence-corrected chi connectivity index (χ1v) is 7.91. The third-order valence-corrected chi connectivity index (χ3v) is 4.25. The Morgan fingerprint density at radius 3 is 2.67 bits per heavy atom. The van der Waals surface area contributed by atoms with E-state index in [1.807, 2.05) is 0 Å². The summed E-state index contributed by atoms with van der Waals surface area (Å²) in [6, 6.07) is 2.26. The molecule has 0 aromatic heterocycles. The molecule has 3 nitrogen and oxygen atoms in total. The van der Waals surface area contributed by atoms with Gasteiger partial charge in [0.2, 0.25) is 0 Å². The molecule has 1 aliphatic heterocycles. The number of hydrogen-bond acceptors (Lipinski definition) is 3. The third-order valence-electron chi connectivity index (χ3n) is 4.25. The van der Waals surface area contributed by atoms with E-state index in [2.05, 4.69) is 35.9 Å². The maximum atomic E-state index is 3.69. The maximum Gasteiger partial charge on any atom is 0.0197 e. The average Bonchev–Trinajstić information content (AvgIpc) is 3.14. The zero-order valence-electron chi connectivity index (χ0n) is 12.5. The minimum atomic E-state index is 0.619. The molecule has 1 atom stereocenters. The van der Waals surface area contributed by atoms with E-state index in [0.717, 1.165) is 12.1 Å². The molecular weight excluding hydrogens is 222 g/mol. The van der Waals surface area contributed by atoms with Crippen molar-refractivity contribution in [3.63, 3.8) is 0 Å². The van der Waals surface area contributed by atoms with E-state index >= 15 is 0 Å². The summed E-state index contributed by atoms with van der Waals surface area (Å²) < 4.78 is 0. The summed E-state index contributed by atoms with van der Waals surface area (Å²) in [7, 11) is 0. The van der Waals surface area contributed by atoms with Crippen LogP contribution in [0, 0.1) is 0 Å². The molecule has 0 spiro atoms. The number of piperidine rings is 1. The summed E-state index contributed by atoms with van der Waals surface area (Å²) in [4.78, 5) is 5.33. The second-order valence-electron chi connectivity index (χ2n) is 6.32. The van der Waals surface area contributed by atoms with Crippen molar-refractivity contribution in [2.45, 2.75) is 64.6 Å². The van der Waals surface area contributed by atoms with E-state index < -0.39 is 0 Å². The Bertz CT molecular complexity index is 238. The summed E-state index contributed by atoms with van der Waals surface area (Å²) in [5, 5.41) is 3.69. The second kappa shape index (κ2) is 6.88. The summed E-state index contributed by atoms with van der Waals surface area (Å²) in [6.07, 6.45) is 5.59. The van der Waals surface area contributed by atoms with Gasteiger partial charge in [-0.3, -0.25) is 4.90 Å². The van der Waals surface area contributed by atoms with Crippen LogP contribution in [0.1, 0.15) is 46.5 Å². The number of nitrogens with one attached hydrogen (secondary N) is 1. The lowest BCUT2D eigenvalue weighted by molar-refractivity contribution is 0.156. The Labute approximate surface area is 113 Å². The monoisotopic (exact) mass is 253 g/mol. The van der Waals surface area contributed by atoms with Crippen molar-refractivity contribution in [1.82, 2.24) is 15.1 Å². The molecule has 1 heterocycles. The lowest BCUT2D eigenvalue weighted by Crippen LogP contribution is -2.49. The van der Waals surface area contributed by atoms with E-state index in [9.17, 15) is 0 Å². The van der Waals surface area contributed by atoms with Gasteiger partial charge in [0.05, 0.1) is 0 Å². The predicted octanol–water partition coefficient (Wildman–Crippen LogP) is 1.93. The van der Waals surface area contributed by atoms with Crippen molar-refractivity contribution in [3.8, 4) is 0 Å². The fourth-order valence-corrected chi connectivity index (χ4v) is 3.17. The van der Waals surface area contributed by atoms with Crippen LogP contribution >= 0.6 is 0 Å². The van der Waals surface area contributed by atoms with Crippen LogP contribution in [0.5, 0.6) is 0 Å². The highest BCUT2D eigenvalue weighted by Crippen LogP contribution is 2.26. The van der Waals surface area contributed by atoms with Crippen molar-refractivity contribution in [3.05, 3.63) is 0 Å². The molecule has 2 aliphatic rings. The van der Waals surface area contributed by atoms with E-state index in [4.69, 9.17) is 0 Å². The molecule has 1 saturated heterocycles. The molecule has 106 valence electrons. The Morgan fingerprint density at radius 1 is 1.28 bits per heavy atom. The minimum Gasteiger partial charge on any atom is -0.311 e. The van der Waals surface area contributed by atoms with Crippen LogP contribution in [-0.4, -0.2) is 60.6 Å². The predicted molar refractivity (Wildman–Crippen MR) is 78.0 cm³/mol. The Morgan fingerprint density at radius 2 is 2.06 bits per heavy atom. The van der Waals surface area contributed by atoms with Gasteiger partial charge < -0.3 is 10.2 Å². The van der Waals surface area contributed by atoms with Crippen LogP contribution < -0.4 is 5.32 Å². The first-order valence-electron chi connectivity index (χ1n) is 7.91. The Balaban J connectivity index is 1.68. The molecule has 0 radical (unpaired) electrons. The van der Waals surface area contributed by atoms with Crippen molar-refractivity contribution in [2.24, 2.45) is 0 Å². The zero-order valence-corrected chi connectivity index (χ0v) is 12.5. The van der Waals surface area contributed by atoms with E-state index in [0.29, 0.717) is 6.04 Å². The number of likely N-dealkylation sites (tertiary alicyclic amines) is 1. The van der Waals surface area contributed by atoms with Crippen LogP contribution in [0.15, 0.2) is 0 Å². The summed E-state index contributed by atoms with van der Waals surface area (Å²) in [5.41, 5.74) is 0. The van der Waals surface area contributed by atoms with Gasteiger partial charge in [0.1, 0.15) is 0 Å². The SMILES string of the molecule is CCN(CCN1CCCC(NC(C)C)C1)C1CC1. The van der Waals surface area contributed by atoms with Crippen LogP contribution in [0.25, 0.3) is 0 Å². The number of likely N-dealkylation sites (N-methyl/N-ethyl adjacent to an activating group) is 1. The van der Waals surface area contributed by atoms with Gasteiger partial charge in [0.25, 0.3) is 0 Å². The van der Waals surface area contributed by atoms with Crippen LogP contribution in [0.4, 0.5) is 0 Å². The first-order chi connectivity index (χ1) is 8.69. The van der Waals surface area contributed by atoms with Gasteiger partial charge >= 0.3 is 0 Å². The number of rotatable bonds is 7. The number of nitrogens with zero attached hydrogens (tertiary/aromatic N) is 2. The molecule has 18 heavy (non-hydrogen) atoms. The molecule has 2 rings (SSSR count). The molecule has 0 aromatic rings. The quantitative estimate of drug-likeness (QED) is 0.748. The molecule has 1 unspecified atom stereocenters. The van der Waals surface area contributed by atoms with Crippen molar-refractivity contribution < 1.29 is 0 Å². The second-order valence-corrected chi connectivity index (χ2v) is 6.32. The Kier molecular flexibility index (Phi) is 5.46. The largest absolute Gasteiger partial charge is 0.311 e. The van der Waals surface area contributed by atoms with Crippen LogP contribution in [-0.2, 0) is 0 Å². The van der Waals surface area contributed by atoms with Gasteiger partial charge in [-0.2, -0.15) is 0 Å². The normalized spacial score (nSPS) is 26.2. The molecular formula is C15H31N3. The topological polar surface area (TPSA) is 18.5 Å². The minimum absolute atomic E-state index is 0.619. The molecule has 0 amide bonds. The molecule has 1 saturated carbocycles. The highest BCUT2D eigenvalue weighted by atomic mass is 15.2. The summed E-state index contributed by atoms with van der Waals surface area (Å²) in [5.74, 6) is 0. The Hall–Kier alpha value is -0.120. The molecule has 3 heteroatoms. The van der Waals surface area contributed by atoms with Crippen LogP contribution in [0.2, 0.25) is 0 Å². The highest BCUT2D eigenvalue weighted by Gasteiger charge is 2.28. The third kappa shape index (κ3) is 4.52. The zero-order chi connectivity index (χ0) is 13.0. The van der Waals surface area contributed by atoms with Gasteiger partial charge in [-0.1, -0.05) is 20.8 Å². The maximum absolute atomic E-state index is 3.69. The fraction of sp³-hybridized carbons (Fsp3) is 1.00. The van der Waals surface area contributed by atoms with Gasteiger partial charge in [-0.15, -0.1) is 0 Å². The van der Waals surface area contributed by atoms with E-state index in [-0.39, 0.29) is 0 Å². The van der Waals surface area contributed by atoms with Crippen molar-refractivity contribution in [2.75, 3.05) is 32.7 Å². The summed E-state index contributed by atoms with van der Waals surface area (Å²) in [6.45, 7) is 13.1. The van der Waals surface area contributed by atoms with E-state index in [1.165, 1.54) is 58.4 Å². The lowest BCUT2D eigenvalue weighted by Gasteiger charge is -2.35. The molecule has 0 bridgehead atoms. The summed E-state index contributed by atoms with van der Waals surface area (Å²) >= 11 is 0. The van der Waals surface area contributed by atoms with Crippen LogP contribution in [0.3, 0.4) is 0 Å². The molecule has 1 aliphatic carbocycles. The van der Waals surface area contributed by atoms with E-state index in [1.54, 1.807) is 0 Å². The lowest BCUT2D eigenvalue weighted by atomic mass is 10.0. The fourth-order valence-electron chi connectivity index (χ4n) is 3.17. The standard InChI is InChI=1S/C15H31N3/c1-4-18(15-7-8-15)11-10-17-9-5-6-14(12-17)16-13(2)3/h13-16H,4-12H2,1-3H3. The van der Waals surface area contributed by atoms with Gasteiger partial charge in [-0.25, -0.2) is 0 Å². The molecule has 2 fully saturated rings. The molecule has 1 N–H and O–H groups in total. The van der Waals surface area contributed by atoms with Crippen molar-refractivity contribution >= 4 is 0 Å². The molecule has 0 aromatic carbocycles. The van der Waals surface area contributed by atoms with Gasteiger partial charge in [0, 0.05) is 37.8 Å². The van der Waals surface area contributed by atoms with Crippen molar-refractivity contribution in [1.29, 1.82) is 0 Å². The average molecular weight is 253 g/mol. The smallest absolute Gasteiger partial charge is 0.0197 e. The van der Waals surface area contributed by atoms with Gasteiger partial charge in [-0.05, 0) is 38.8 Å². The first kappa shape index (κ1) is 14.3.